The highest BCUT2D eigenvalue weighted by Gasteiger charge is 2.22. The van der Waals surface area contributed by atoms with Gasteiger partial charge in [0.2, 0.25) is 0 Å². The Morgan fingerprint density at radius 3 is 2.52 bits per heavy atom. The van der Waals surface area contributed by atoms with Gasteiger partial charge in [0.1, 0.15) is 5.60 Å². The molecule has 0 heterocycles. The van der Waals surface area contributed by atoms with E-state index in [-0.39, 0.29) is 25.7 Å². The minimum atomic E-state index is -0.648. The summed E-state index contributed by atoms with van der Waals surface area (Å²) in [5.41, 5.74) is 8.08. The van der Waals surface area contributed by atoms with Crippen molar-refractivity contribution in [3.05, 3.63) is 10.4 Å². The number of nitrogens with zero attached hydrogens (tertiary/aromatic N) is 6. The number of esters is 1. The summed E-state index contributed by atoms with van der Waals surface area (Å²) < 4.78 is 10.2. The summed E-state index contributed by atoms with van der Waals surface area (Å²) in [4.78, 5) is 31.3. The molecule has 0 aromatic heterocycles. The number of rotatable bonds is 11. The number of amides is 1. The van der Waals surface area contributed by atoms with E-state index in [1.165, 1.54) is 18.0 Å². The van der Waals surface area contributed by atoms with Gasteiger partial charge in [-0.2, -0.15) is 5.10 Å². The SMILES string of the molecule is CC(=O)OCCCN=C/C(CN(CCCN=[N+]=[N-])C(=O)OC(C)(C)C)=N\N. The fourth-order valence-electron chi connectivity index (χ4n) is 1.79. The third kappa shape index (κ3) is 14.1. The van der Waals surface area contributed by atoms with Crippen LogP contribution in [0.15, 0.2) is 15.2 Å². The van der Waals surface area contributed by atoms with Crippen LogP contribution in [0, 0.1) is 0 Å². The molecule has 0 unspecified atom stereocenters. The van der Waals surface area contributed by atoms with Crippen LogP contribution in [0.2, 0.25) is 0 Å². The molecular formula is C16H29N7O4. The van der Waals surface area contributed by atoms with Gasteiger partial charge in [-0.05, 0) is 32.7 Å². The molecule has 0 saturated heterocycles. The van der Waals surface area contributed by atoms with Crippen LogP contribution in [-0.4, -0.2) is 67.3 Å². The third-order valence-corrected chi connectivity index (χ3v) is 2.90. The number of ether oxygens (including phenoxy) is 2. The van der Waals surface area contributed by atoms with Crippen LogP contribution in [0.5, 0.6) is 0 Å². The van der Waals surface area contributed by atoms with Crippen molar-refractivity contribution >= 4 is 24.0 Å². The van der Waals surface area contributed by atoms with Gasteiger partial charge < -0.3 is 20.2 Å². The van der Waals surface area contributed by atoms with E-state index in [1.807, 2.05) is 0 Å². The number of nitrogens with two attached hydrogens (primary N) is 1. The second-order valence-electron chi connectivity index (χ2n) is 6.56. The van der Waals surface area contributed by atoms with E-state index < -0.39 is 11.7 Å². The first-order valence-corrected chi connectivity index (χ1v) is 8.58. The maximum atomic E-state index is 12.4. The minimum Gasteiger partial charge on any atom is -0.466 e. The quantitative estimate of drug-likeness (QED) is 0.0846. The summed E-state index contributed by atoms with van der Waals surface area (Å²) in [6.07, 6.45) is 1.99. The minimum absolute atomic E-state index is 0.106. The molecule has 2 N–H and O–H groups in total. The van der Waals surface area contributed by atoms with Crippen molar-refractivity contribution in [3.8, 4) is 0 Å². The van der Waals surface area contributed by atoms with Gasteiger partial charge in [-0.25, -0.2) is 4.79 Å². The van der Waals surface area contributed by atoms with E-state index in [1.54, 1.807) is 20.8 Å². The van der Waals surface area contributed by atoms with Crippen molar-refractivity contribution in [1.29, 1.82) is 0 Å². The molecule has 1 amide bonds. The Bertz CT molecular complexity index is 578. The molecule has 11 nitrogen and oxygen atoms in total. The van der Waals surface area contributed by atoms with Crippen LogP contribution in [0.1, 0.15) is 40.5 Å². The van der Waals surface area contributed by atoms with Gasteiger partial charge in [0.05, 0.1) is 18.9 Å². The summed E-state index contributed by atoms with van der Waals surface area (Å²) in [7, 11) is 0. The average Bonchev–Trinajstić information content (AvgIpc) is 2.57. The Balaban J connectivity index is 4.74. The molecule has 0 aliphatic carbocycles. The van der Waals surface area contributed by atoms with Gasteiger partial charge in [-0.1, -0.05) is 5.11 Å². The fourth-order valence-corrected chi connectivity index (χ4v) is 1.79. The zero-order valence-corrected chi connectivity index (χ0v) is 16.4. The lowest BCUT2D eigenvalue weighted by atomic mass is 10.2. The molecule has 0 fully saturated rings. The maximum Gasteiger partial charge on any atom is 0.410 e. The van der Waals surface area contributed by atoms with E-state index >= 15 is 0 Å². The monoisotopic (exact) mass is 383 g/mol. The van der Waals surface area contributed by atoms with Crippen LogP contribution >= 0.6 is 0 Å². The van der Waals surface area contributed by atoms with Crippen LogP contribution in [0.4, 0.5) is 4.79 Å². The highest BCUT2D eigenvalue weighted by atomic mass is 16.6. The van der Waals surface area contributed by atoms with E-state index in [0.717, 1.165) is 0 Å². The van der Waals surface area contributed by atoms with Crippen LogP contribution in [0.25, 0.3) is 10.4 Å². The summed E-state index contributed by atoms with van der Waals surface area (Å²) in [6, 6.07) is 0. The second kappa shape index (κ2) is 13.4. The van der Waals surface area contributed by atoms with E-state index in [4.69, 9.17) is 20.8 Å². The molecule has 11 heteroatoms. The molecule has 27 heavy (non-hydrogen) atoms. The average molecular weight is 383 g/mol. The van der Waals surface area contributed by atoms with Crippen LogP contribution < -0.4 is 5.84 Å². The van der Waals surface area contributed by atoms with Crippen LogP contribution in [0.3, 0.4) is 0 Å². The Labute approximate surface area is 159 Å². The Hall–Kier alpha value is -2.81. The molecule has 0 atom stereocenters. The number of aliphatic imine (C=N–C) groups is 1. The van der Waals surface area contributed by atoms with Crippen molar-refractivity contribution in [2.24, 2.45) is 21.1 Å². The number of carbonyl (C=O) groups is 2. The van der Waals surface area contributed by atoms with E-state index in [2.05, 4.69) is 20.1 Å². The van der Waals surface area contributed by atoms with Gasteiger partial charge >= 0.3 is 12.1 Å². The molecule has 152 valence electrons. The molecule has 0 aliphatic heterocycles. The van der Waals surface area contributed by atoms with E-state index in [9.17, 15) is 9.59 Å². The molecule has 0 aliphatic rings. The summed E-state index contributed by atoms with van der Waals surface area (Å²) >= 11 is 0. The Morgan fingerprint density at radius 1 is 1.26 bits per heavy atom. The van der Waals surface area contributed by atoms with Crippen molar-refractivity contribution < 1.29 is 19.1 Å². The van der Waals surface area contributed by atoms with E-state index in [0.29, 0.717) is 31.6 Å². The second-order valence-corrected chi connectivity index (χ2v) is 6.56. The number of hydrogen-bond acceptors (Lipinski definition) is 8. The zero-order chi connectivity index (χ0) is 20.7. The zero-order valence-electron chi connectivity index (χ0n) is 16.4. The van der Waals surface area contributed by atoms with Gasteiger partial charge in [0.15, 0.2) is 0 Å². The van der Waals surface area contributed by atoms with Crippen molar-refractivity contribution in [3.63, 3.8) is 0 Å². The number of hydrazone groups is 1. The maximum absolute atomic E-state index is 12.4. The van der Waals surface area contributed by atoms with Gasteiger partial charge in [0.25, 0.3) is 0 Å². The predicted molar refractivity (Wildman–Crippen MR) is 103 cm³/mol. The first-order valence-electron chi connectivity index (χ1n) is 8.58. The normalized spacial score (nSPS) is 11.8. The third-order valence-electron chi connectivity index (χ3n) is 2.90. The predicted octanol–water partition coefficient (Wildman–Crippen LogP) is 2.26. The highest BCUT2D eigenvalue weighted by molar-refractivity contribution is 6.31. The highest BCUT2D eigenvalue weighted by Crippen LogP contribution is 2.10. The standard InChI is InChI=1S/C16H29N7O4/c1-13(24)26-10-6-7-19-11-14(21-17)12-23(9-5-8-20-22-18)15(25)27-16(2,3)4/h11H,5-10,12,17H2,1-4H3/b19-11?,21-14+. The molecule has 0 aromatic rings. The number of hydrogen-bond donors (Lipinski definition) is 1. The largest absolute Gasteiger partial charge is 0.466 e. The summed E-state index contributed by atoms with van der Waals surface area (Å²) in [5.74, 6) is 5.05. The molecule has 0 rings (SSSR count). The molecule has 0 radical (unpaired) electrons. The lowest BCUT2D eigenvalue weighted by Gasteiger charge is -2.27. The first-order chi connectivity index (χ1) is 12.7. The molecule has 0 bridgehead atoms. The van der Waals surface area contributed by atoms with Crippen molar-refractivity contribution in [1.82, 2.24) is 4.90 Å². The lowest BCUT2D eigenvalue weighted by Crippen LogP contribution is -2.41. The summed E-state index contributed by atoms with van der Waals surface area (Å²) in [6.45, 7) is 8.04. The molecular weight excluding hydrogens is 354 g/mol. The lowest BCUT2D eigenvalue weighted by molar-refractivity contribution is -0.140. The summed E-state index contributed by atoms with van der Waals surface area (Å²) in [5, 5.41) is 7.10. The Morgan fingerprint density at radius 2 is 1.96 bits per heavy atom. The van der Waals surface area contributed by atoms with Crippen molar-refractivity contribution in [2.75, 3.05) is 32.8 Å². The number of carbonyl (C=O) groups excluding carboxylic acids is 2. The smallest absolute Gasteiger partial charge is 0.410 e. The first kappa shape index (κ1) is 24.2. The fraction of sp³-hybridized carbons (Fsp3) is 0.750. The van der Waals surface area contributed by atoms with Crippen LogP contribution in [-0.2, 0) is 14.3 Å². The molecule has 0 aromatic carbocycles. The molecule has 0 spiro atoms. The van der Waals surface area contributed by atoms with Gasteiger partial charge in [-0.3, -0.25) is 9.79 Å². The van der Waals surface area contributed by atoms with Crippen molar-refractivity contribution in [2.45, 2.75) is 46.1 Å². The Kier molecular flexibility index (Phi) is 12.0. The topological polar surface area (TPSA) is 155 Å². The molecule has 0 saturated carbocycles. The van der Waals surface area contributed by atoms with Gasteiger partial charge in [0, 0.05) is 44.1 Å². The number of azide groups is 1. The van der Waals surface area contributed by atoms with Gasteiger partial charge in [-0.15, -0.1) is 0 Å².